The van der Waals surface area contributed by atoms with Gasteiger partial charge in [-0.1, -0.05) is 0 Å². The molecular formula is C10H17NO2S. The van der Waals surface area contributed by atoms with E-state index in [1.54, 1.807) is 0 Å². The van der Waals surface area contributed by atoms with Crippen LogP contribution in [0.1, 0.15) is 25.7 Å². The second-order valence-electron chi connectivity index (χ2n) is 4.18. The Hall–Kier alpha value is -0.220. The standard InChI is InChI=1S/C10H17NO2S/c12-10(13)8-1-2-9(8)11-7-3-5-14-6-4-7/h7-9,11H,1-6H2,(H,12,13). The number of carboxylic acids is 1. The molecule has 2 N–H and O–H groups in total. The number of hydrogen-bond donors (Lipinski definition) is 2. The topological polar surface area (TPSA) is 49.3 Å². The molecular weight excluding hydrogens is 198 g/mol. The third kappa shape index (κ3) is 2.23. The van der Waals surface area contributed by atoms with Crippen molar-refractivity contribution in [3.05, 3.63) is 0 Å². The highest BCUT2D eigenvalue weighted by Gasteiger charge is 2.37. The van der Waals surface area contributed by atoms with Gasteiger partial charge in [0.2, 0.25) is 0 Å². The molecule has 1 aliphatic heterocycles. The van der Waals surface area contributed by atoms with Gasteiger partial charge in [0, 0.05) is 12.1 Å². The van der Waals surface area contributed by atoms with E-state index >= 15 is 0 Å². The van der Waals surface area contributed by atoms with E-state index in [1.165, 1.54) is 24.3 Å². The SMILES string of the molecule is O=C(O)C1CCC1NC1CCSCC1. The number of carbonyl (C=O) groups is 1. The Morgan fingerprint density at radius 1 is 1.21 bits per heavy atom. The second kappa shape index (κ2) is 4.53. The highest BCUT2D eigenvalue weighted by atomic mass is 32.2. The monoisotopic (exact) mass is 215 g/mol. The van der Waals surface area contributed by atoms with Crippen LogP contribution in [0.15, 0.2) is 0 Å². The van der Waals surface area contributed by atoms with Crippen LogP contribution in [0.4, 0.5) is 0 Å². The zero-order valence-corrected chi connectivity index (χ0v) is 9.05. The molecule has 14 heavy (non-hydrogen) atoms. The molecule has 3 nitrogen and oxygen atoms in total. The van der Waals surface area contributed by atoms with Gasteiger partial charge >= 0.3 is 5.97 Å². The van der Waals surface area contributed by atoms with E-state index in [-0.39, 0.29) is 12.0 Å². The maximum Gasteiger partial charge on any atom is 0.308 e. The normalized spacial score (nSPS) is 33.7. The first-order chi connectivity index (χ1) is 6.77. The van der Waals surface area contributed by atoms with E-state index in [9.17, 15) is 4.79 Å². The van der Waals surface area contributed by atoms with Gasteiger partial charge in [0.1, 0.15) is 0 Å². The average molecular weight is 215 g/mol. The van der Waals surface area contributed by atoms with Crippen LogP contribution in [-0.4, -0.2) is 34.7 Å². The van der Waals surface area contributed by atoms with Crippen molar-refractivity contribution < 1.29 is 9.90 Å². The maximum absolute atomic E-state index is 10.8. The van der Waals surface area contributed by atoms with Gasteiger partial charge < -0.3 is 10.4 Å². The summed E-state index contributed by atoms with van der Waals surface area (Å²) in [5, 5.41) is 12.4. The zero-order chi connectivity index (χ0) is 9.97. The Bertz CT molecular complexity index is 216. The molecule has 1 saturated heterocycles. The summed E-state index contributed by atoms with van der Waals surface area (Å²) in [5.74, 6) is 1.70. The Morgan fingerprint density at radius 2 is 1.93 bits per heavy atom. The number of carboxylic acid groups (broad SMARTS) is 1. The molecule has 2 atom stereocenters. The van der Waals surface area contributed by atoms with Gasteiger partial charge in [-0.3, -0.25) is 4.79 Å². The van der Waals surface area contributed by atoms with Crippen LogP contribution in [0.5, 0.6) is 0 Å². The molecule has 1 heterocycles. The van der Waals surface area contributed by atoms with E-state index in [0.29, 0.717) is 6.04 Å². The van der Waals surface area contributed by atoms with Crippen LogP contribution < -0.4 is 5.32 Å². The predicted molar refractivity (Wildman–Crippen MR) is 57.6 cm³/mol. The van der Waals surface area contributed by atoms with Crippen molar-refractivity contribution in [2.75, 3.05) is 11.5 Å². The zero-order valence-electron chi connectivity index (χ0n) is 8.24. The molecule has 2 unspecified atom stereocenters. The summed E-state index contributed by atoms with van der Waals surface area (Å²) in [6.45, 7) is 0. The molecule has 2 rings (SSSR count). The molecule has 0 radical (unpaired) electrons. The van der Waals surface area contributed by atoms with Crippen molar-refractivity contribution >= 4 is 17.7 Å². The third-order valence-corrected chi connectivity index (χ3v) is 4.31. The minimum absolute atomic E-state index is 0.121. The second-order valence-corrected chi connectivity index (χ2v) is 5.41. The van der Waals surface area contributed by atoms with Gasteiger partial charge in [0.15, 0.2) is 0 Å². The first kappa shape index (κ1) is 10.3. The number of rotatable bonds is 3. The molecule has 4 heteroatoms. The number of hydrogen-bond acceptors (Lipinski definition) is 3. The number of nitrogens with one attached hydrogen (secondary N) is 1. The Kier molecular flexibility index (Phi) is 3.34. The lowest BCUT2D eigenvalue weighted by atomic mass is 9.79. The lowest BCUT2D eigenvalue weighted by Crippen LogP contribution is -2.52. The largest absolute Gasteiger partial charge is 0.481 e. The van der Waals surface area contributed by atoms with Crippen LogP contribution in [0.3, 0.4) is 0 Å². The van der Waals surface area contributed by atoms with Crippen LogP contribution in [0, 0.1) is 5.92 Å². The highest BCUT2D eigenvalue weighted by molar-refractivity contribution is 7.99. The van der Waals surface area contributed by atoms with E-state index < -0.39 is 5.97 Å². The van der Waals surface area contributed by atoms with E-state index in [2.05, 4.69) is 5.32 Å². The van der Waals surface area contributed by atoms with Crippen LogP contribution in [0.2, 0.25) is 0 Å². The van der Waals surface area contributed by atoms with Gasteiger partial charge in [0.25, 0.3) is 0 Å². The quantitative estimate of drug-likeness (QED) is 0.746. The summed E-state index contributed by atoms with van der Waals surface area (Å²) < 4.78 is 0. The average Bonchev–Trinajstić information content (AvgIpc) is 2.13. The molecule has 1 aliphatic carbocycles. The van der Waals surface area contributed by atoms with Crippen molar-refractivity contribution in [1.29, 1.82) is 0 Å². The molecule has 0 spiro atoms. The fourth-order valence-corrected chi connectivity index (χ4v) is 3.27. The lowest BCUT2D eigenvalue weighted by Gasteiger charge is -2.38. The lowest BCUT2D eigenvalue weighted by molar-refractivity contribution is -0.146. The van der Waals surface area contributed by atoms with Gasteiger partial charge in [-0.15, -0.1) is 0 Å². The molecule has 2 aliphatic rings. The van der Waals surface area contributed by atoms with Crippen molar-refractivity contribution in [1.82, 2.24) is 5.32 Å². The third-order valence-electron chi connectivity index (χ3n) is 3.26. The van der Waals surface area contributed by atoms with Gasteiger partial charge in [-0.05, 0) is 37.2 Å². The Balaban J connectivity index is 1.76. The molecule has 0 aromatic rings. The predicted octanol–water partition coefficient (Wildman–Crippen LogP) is 1.33. The number of aliphatic carboxylic acids is 1. The van der Waals surface area contributed by atoms with E-state index in [1.807, 2.05) is 11.8 Å². The number of thioether (sulfide) groups is 1. The van der Waals surface area contributed by atoms with Crippen LogP contribution in [0.25, 0.3) is 0 Å². The first-order valence-electron chi connectivity index (χ1n) is 5.34. The van der Waals surface area contributed by atoms with E-state index in [4.69, 9.17) is 5.11 Å². The fourth-order valence-electron chi connectivity index (χ4n) is 2.16. The summed E-state index contributed by atoms with van der Waals surface area (Å²) >= 11 is 2.00. The first-order valence-corrected chi connectivity index (χ1v) is 6.49. The summed E-state index contributed by atoms with van der Waals surface area (Å²) in [6.07, 6.45) is 4.30. The summed E-state index contributed by atoms with van der Waals surface area (Å²) in [5.41, 5.74) is 0. The summed E-state index contributed by atoms with van der Waals surface area (Å²) in [4.78, 5) is 10.8. The molecule has 0 aromatic carbocycles. The molecule has 1 saturated carbocycles. The fraction of sp³-hybridized carbons (Fsp3) is 0.900. The van der Waals surface area contributed by atoms with Crippen molar-refractivity contribution in [2.24, 2.45) is 5.92 Å². The molecule has 80 valence electrons. The maximum atomic E-state index is 10.8. The molecule has 0 bridgehead atoms. The van der Waals surface area contributed by atoms with Crippen LogP contribution >= 0.6 is 11.8 Å². The molecule has 0 amide bonds. The minimum Gasteiger partial charge on any atom is -0.481 e. The van der Waals surface area contributed by atoms with Gasteiger partial charge in [-0.2, -0.15) is 11.8 Å². The van der Waals surface area contributed by atoms with Gasteiger partial charge in [0.05, 0.1) is 5.92 Å². The smallest absolute Gasteiger partial charge is 0.308 e. The Labute approximate surface area is 88.6 Å². The van der Waals surface area contributed by atoms with Gasteiger partial charge in [-0.25, -0.2) is 0 Å². The van der Waals surface area contributed by atoms with Crippen molar-refractivity contribution in [3.63, 3.8) is 0 Å². The van der Waals surface area contributed by atoms with Crippen LogP contribution in [-0.2, 0) is 4.79 Å². The summed E-state index contributed by atoms with van der Waals surface area (Å²) in [6, 6.07) is 0.823. The van der Waals surface area contributed by atoms with E-state index in [0.717, 1.165) is 12.8 Å². The summed E-state index contributed by atoms with van der Waals surface area (Å²) in [7, 11) is 0. The molecule has 2 fully saturated rings. The Morgan fingerprint density at radius 3 is 2.43 bits per heavy atom. The minimum atomic E-state index is -0.626. The van der Waals surface area contributed by atoms with Crippen molar-refractivity contribution in [2.45, 2.75) is 37.8 Å². The molecule has 0 aromatic heterocycles. The highest BCUT2D eigenvalue weighted by Crippen LogP contribution is 2.29. The van der Waals surface area contributed by atoms with Crippen molar-refractivity contribution in [3.8, 4) is 0 Å².